The number of hydrogen-bond donors (Lipinski definition) is 1. The Morgan fingerprint density at radius 2 is 1.77 bits per heavy atom. The summed E-state index contributed by atoms with van der Waals surface area (Å²) in [5.41, 5.74) is 1.94. The van der Waals surface area contributed by atoms with Crippen LogP contribution in [0.15, 0.2) is 86.0 Å². The van der Waals surface area contributed by atoms with E-state index in [4.69, 9.17) is 4.74 Å². The van der Waals surface area contributed by atoms with Crippen LogP contribution < -0.4 is 0 Å². The van der Waals surface area contributed by atoms with Gasteiger partial charge in [0.1, 0.15) is 6.04 Å². The molecule has 234 valence electrons. The van der Waals surface area contributed by atoms with E-state index in [0.717, 1.165) is 36.8 Å². The molecule has 0 radical (unpaired) electrons. The summed E-state index contributed by atoms with van der Waals surface area (Å²) in [7, 11) is 0. The van der Waals surface area contributed by atoms with Crippen LogP contribution >= 0.6 is 11.8 Å². The molecule has 3 aliphatic heterocycles. The Morgan fingerprint density at radius 3 is 2.41 bits per heavy atom. The van der Waals surface area contributed by atoms with Gasteiger partial charge in [0, 0.05) is 18.3 Å². The van der Waals surface area contributed by atoms with Gasteiger partial charge in [0.2, 0.25) is 11.8 Å². The largest absolute Gasteiger partial charge is 0.465 e. The van der Waals surface area contributed by atoms with Crippen molar-refractivity contribution in [2.75, 3.05) is 19.8 Å². The van der Waals surface area contributed by atoms with Crippen molar-refractivity contribution in [3.63, 3.8) is 0 Å². The summed E-state index contributed by atoms with van der Waals surface area (Å²) in [6, 6.07) is 18.0. The minimum absolute atomic E-state index is 0.0143. The molecule has 0 saturated carbocycles. The second-order valence-corrected chi connectivity index (χ2v) is 13.8. The maximum Gasteiger partial charge on any atom is 0.310 e. The van der Waals surface area contributed by atoms with Gasteiger partial charge in [0.15, 0.2) is 0 Å². The van der Waals surface area contributed by atoms with Gasteiger partial charge < -0.3 is 19.6 Å². The molecule has 2 bridgehead atoms. The van der Waals surface area contributed by atoms with Gasteiger partial charge in [-0.1, -0.05) is 79.7 Å². The van der Waals surface area contributed by atoms with E-state index in [1.54, 1.807) is 27.6 Å². The molecule has 8 heteroatoms. The molecule has 0 aromatic heterocycles. The molecule has 3 fully saturated rings. The molecular weight excluding hydrogens is 572 g/mol. The zero-order valence-corrected chi connectivity index (χ0v) is 26.4. The summed E-state index contributed by atoms with van der Waals surface area (Å²) >= 11 is 1.63. The number of thioether (sulfide) groups is 1. The number of aliphatic hydroxyl groups excluding tert-OH is 1. The van der Waals surface area contributed by atoms with Gasteiger partial charge in [0.25, 0.3) is 0 Å². The van der Waals surface area contributed by atoms with E-state index in [9.17, 15) is 19.5 Å². The molecule has 2 aromatic carbocycles. The van der Waals surface area contributed by atoms with Crippen molar-refractivity contribution in [3.05, 3.63) is 97.1 Å². The van der Waals surface area contributed by atoms with Crippen LogP contribution in [0.5, 0.6) is 0 Å². The van der Waals surface area contributed by atoms with Gasteiger partial charge in [-0.15, -0.1) is 24.9 Å². The lowest BCUT2D eigenvalue weighted by molar-refractivity contribution is -0.155. The highest BCUT2D eigenvalue weighted by Crippen LogP contribution is 2.69. The first-order valence-electron chi connectivity index (χ1n) is 15.7. The zero-order valence-electron chi connectivity index (χ0n) is 25.6. The molecule has 3 unspecified atom stereocenters. The number of likely N-dealkylation sites (tertiary alicyclic amines) is 1. The number of unbranched alkanes of at least 4 members (excludes halogenated alkanes) is 2. The number of fused-ring (bicyclic) bond motifs is 1. The van der Waals surface area contributed by atoms with E-state index < -0.39 is 28.7 Å². The van der Waals surface area contributed by atoms with Crippen LogP contribution in [-0.4, -0.2) is 74.5 Å². The van der Waals surface area contributed by atoms with E-state index in [0.29, 0.717) is 26.1 Å². The standard InChI is InChI=1S/C36H44N2O5S/c1-4-6-7-14-20-43-35(42)30-29-21-25(3)36(44-29)31(30)33(40)38(28(24-39)22-26-15-10-8-11-16-26)32(36)34(41)37(19-5-2)23-27-17-12-9-13-18-27/h4-5,8-13,15-18,25,28-32,39H,1-2,6-7,14,19-24H2,3H3/t25?,28-,29+,30-,31+,32?,36?/m1/s1. The van der Waals surface area contributed by atoms with E-state index in [1.807, 2.05) is 66.7 Å². The Hall–Kier alpha value is -3.36. The third-order valence-corrected chi connectivity index (χ3v) is 11.6. The van der Waals surface area contributed by atoms with Crippen LogP contribution in [0.25, 0.3) is 0 Å². The Kier molecular flexibility index (Phi) is 10.3. The van der Waals surface area contributed by atoms with Crippen molar-refractivity contribution in [1.29, 1.82) is 0 Å². The normalized spacial score (nSPS) is 27.5. The average Bonchev–Trinajstić information content (AvgIpc) is 3.63. The predicted molar refractivity (Wildman–Crippen MR) is 174 cm³/mol. The molecule has 1 N–H and O–H groups in total. The fourth-order valence-electron chi connectivity index (χ4n) is 7.56. The number of nitrogens with zero attached hydrogens (tertiary/aromatic N) is 2. The summed E-state index contributed by atoms with van der Waals surface area (Å²) in [6.45, 7) is 10.5. The smallest absolute Gasteiger partial charge is 0.310 e. The van der Waals surface area contributed by atoms with Crippen LogP contribution in [0.1, 0.15) is 43.7 Å². The number of allylic oxidation sites excluding steroid dienone is 1. The Bertz CT molecular complexity index is 1340. The summed E-state index contributed by atoms with van der Waals surface area (Å²) in [5.74, 6) is -2.05. The molecule has 3 aliphatic rings. The van der Waals surface area contributed by atoms with Crippen LogP contribution in [0, 0.1) is 17.8 Å². The number of ether oxygens (including phenoxy) is 1. The highest BCUT2D eigenvalue weighted by atomic mass is 32.2. The molecule has 44 heavy (non-hydrogen) atoms. The van der Waals surface area contributed by atoms with Crippen molar-refractivity contribution < 1.29 is 24.2 Å². The molecule has 7 atom stereocenters. The zero-order chi connectivity index (χ0) is 31.3. The van der Waals surface area contributed by atoms with E-state index in [-0.39, 0.29) is 35.6 Å². The van der Waals surface area contributed by atoms with Crippen LogP contribution in [0.3, 0.4) is 0 Å². The van der Waals surface area contributed by atoms with Crippen LogP contribution in [-0.2, 0) is 32.1 Å². The maximum atomic E-state index is 14.9. The minimum atomic E-state index is -0.833. The maximum absolute atomic E-state index is 14.9. The number of amides is 2. The van der Waals surface area contributed by atoms with Gasteiger partial charge in [-0.2, -0.15) is 0 Å². The quantitative estimate of drug-likeness (QED) is 0.171. The number of carbonyl (C=O) groups excluding carboxylic acids is 3. The summed E-state index contributed by atoms with van der Waals surface area (Å²) < 4.78 is 4.98. The fourth-order valence-corrected chi connectivity index (χ4v) is 9.95. The van der Waals surface area contributed by atoms with Gasteiger partial charge in [0.05, 0.1) is 35.8 Å². The fraction of sp³-hybridized carbons (Fsp3) is 0.472. The molecule has 0 aliphatic carbocycles. The minimum Gasteiger partial charge on any atom is -0.465 e. The van der Waals surface area contributed by atoms with E-state index in [2.05, 4.69) is 20.1 Å². The molecule has 7 nitrogen and oxygen atoms in total. The molecular formula is C36H44N2O5S. The van der Waals surface area contributed by atoms with Crippen molar-refractivity contribution in [1.82, 2.24) is 9.80 Å². The second-order valence-electron chi connectivity index (χ2n) is 12.3. The Labute approximate surface area is 265 Å². The third kappa shape index (κ3) is 5.98. The molecule has 2 aromatic rings. The highest BCUT2D eigenvalue weighted by Gasteiger charge is 2.77. The lowest BCUT2D eigenvalue weighted by atomic mass is 9.66. The number of esters is 1. The van der Waals surface area contributed by atoms with Crippen molar-refractivity contribution in [2.24, 2.45) is 17.8 Å². The average molecular weight is 617 g/mol. The monoisotopic (exact) mass is 616 g/mol. The lowest BCUT2D eigenvalue weighted by Gasteiger charge is -2.42. The third-order valence-electron chi connectivity index (χ3n) is 9.53. The predicted octanol–water partition coefficient (Wildman–Crippen LogP) is 5.04. The Morgan fingerprint density at radius 1 is 1.09 bits per heavy atom. The van der Waals surface area contributed by atoms with Gasteiger partial charge in [-0.3, -0.25) is 14.4 Å². The SMILES string of the molecule is C=CCCCCOC(=O)[C@@H]1[C@@H]2CC(C)C3(S2)C(C(=O)N(CC=C)Cc2ccccc2)N([C@@H](CO)Cc2ccccc2)C(=O)[C@H]13. The van der Waals surface area contributed by atoms with Crippen LogP contribution in [0.2, 0.25) is 0 Å². The molecule has 5 rings (SSSR count). The summed E-state index contributed by atoms with van der Waals surface area (Å²) in [5, 5.41) is 10.7. The first-order valence-corrected chi connectivity index (χ1v) is 16.6. The van der Waals surface area contributed by atoms with Crippen LogP contribution in [0.4, 0.5) is 0 Å². The number of aliphatic hydroxyl groups is 1. The van der Waals surface area contributed by atoms with Crippen molar-refractivity contribution in [3.8, 4) is 0 Å². The number of benzene rings is 2. The summed E-state index contributed by atoms with van der Waals surface area (Å²) in [6.07, 6.45) is 7.15. The Balaban J connectivity index is 1.52. The first kappa shape index (κ1) is 32.0. The number of hydrogen-bond acceptors (Lipinski definition) is 6. The molecule has 2 amide bonds. The second kappa shape index (κ2) is 14.2. The van der Waals surface area contributed by atoms with Gasteiger partial charge in [-0.05, 0) is 49.1 Å². The molecule has 3 saturated heterocycles. The summed E-state index contributed by atoms with van der Waals surface area (Å²) in [4.78, 5) is 46.6. The lowest BCUT2D eigenvalue weighted by Crippen LogP contribution is -2.59. The first-order chi connectivity index (χ1) is 21.4. The molecule has 1 spiro atoms. The van der Waals surface area contributed by atoms with Gasteiger partial charge >= 0.3 is 5.97 Å². The number of rotatable bonds is 15. The van der Waals surface area contributed by atoms with Crippen molar-refractivity contribution >= 4 is 29.5 Å². The van der Waals surface area contributed by atoms with E-state index >= 15 is 0 Å². The topological polar surface area (TPSA) is 87.2 Å². The van der Waals surface area contributed by atoms with E-state index in [1.165, 1.54) is 0 Å². The highest BCUT2D eigenvalue weighted by molar-refractivity contribution is 8.02. The number of carbonyl (C=O) groups is 3. The van der Waals surface area contributed by atoms with Crippen molar-refractivity contribution in [2.45, 2.75) is 67.7 Å². The van der Waals surface area contributed by atoms with Gasteiger partial charge in [-0.25, -0.2) is 0 Å². The molecule has 3 heterocycles.